The summed E-state index contributed by atoms with van der Waals surface area (Å²) < 4.78 is 10.1. The number of amides is 1. The lowest BCUT2D eigenvalue weighted by Gasteiger charge is -2.30. The normalized spacial score (nSPS) is 14.6. The fraction of sp³-hybridized carbons (Fsp3) is 0.333. The van der Waals surface area contributed by atoms with E-state index in [1.165, 1.54) is 7.11 Å². The molecule has 1 aliphatic rings. The number of ether oxygens (including phenoxy) is 2. The summed E-state index contributed by atoms with van der Waals surface area (Å²) in [5.74, 6) is 0.659. The van der Waals surface area contributed by atoms with Crippen LogP contribution in [0.5, 0.6) is 5.75 Å². The van der Waals surface area contributed by atoms with Crippen molar-refractivity contribution in [1.29, 1.82) is 0 Å². The third-order valence-electron chi connectivity index (χ3n) is 5.67. The third kappa shape index (κ3) is 5.55. The van der Waals surface area contributed by atoms with Crippen LogP contribution in [0.3, 0.4) is 0 Å². The second kappa shape index (κ2) is 10.5. The van der Waals surface area contributed by atoms with Gasteiger partial charge >= 0.3 is 5.97 Å². The number of esters is 1. The molecule has 3 aromatic rings. The van der Waals surface area contributed by atoms with Crippen LogP contribution in [0.15, 0.2) is 48.5 Å². The molecule has 2 aromatic carbocycles. The second-order valence-electron chi connectivity index (χ2n) is 7.81. The average Bonchev–Trinajstić information content (AvgIpc) is 3.34. The molecule has 172 valence electrons. The molecule has 1 fully saturated rings. The van der Waals surface area contributed by atoms with Crippen molar-refractivity contribution in [2.24, 2.45) is 0 Å². The van der Waals surface area contributed by atoms with Crippen molar-refractivity contribution in [3.05, 3.63) is 59.1 Å². The summed E-state index contributed by atoms with van der Waals surface area (Å²) in [5.41, 5.74) is 2.06. The number of hydrogen-bond acceptors (Lipinski definition) is 8. The monoisotopic (exact) mass is 466 g/mol. The van der Waals surface area contributed by atoms with E-state index in [-0.39, 0.29) is 5.91 Å². The van der Waals surface area contributed by atoms with Gasteiger partial charge in [-0.2, -0.15) is 0 Å². The lowest BCUT2D eigenvalue weighted by Crippen LogP contribution is -2.38. The van der Waals surface area contributed by atoms with Gasteiger partial charge in [0.25, 0.3) is 0 Å². The molecular weight excluding hydrogens is 440 g/mol. The summed E-state index contributed by atoms with van der Waals surface area (Å²) in [6, 6.07) is 14.5. The number of methoxy groups -OCH3 is 2. The number of nitrogens with zero attached hydrogens (tertiary/aromatic N) is 3. The van der Waals surface area contributed by atoms with Gasteiger partial charge in [0.1, 0.15) is 10.8 Å². The number of para-hydroxylation sites is 1. The Morgan fingerprint density at radius 3 is 2.48 bits per heavy atom. The van der Waals surface area contributed by atoms with Gasteiger partial charge in [-0.25, -0.2) is 4.79 Å². The van der Waals surface area contributed by atoms with E-state index in [0.717, 1.165) is 47.3 Å². The quantitative estimate of drug-likeness (QED) is 0.529. The number of aromatic nitrogens is 2. The number of rotatable bonds is 7. The molecule has 0 saturated carbocycles. The van der Waals surface area contributed by atoms with Crippen molar-refractivity contribution in [2.75, 3.05) is 39.2 Å². The first-order valence-electron chi connectivity index (χ1n) is 10.7. The van der Waals surface area contributed by atoms with Crippen LogP contribution in [-0.2, 0) is 9.53 Å². The van der Waals surface area contributed by atoms with Gasteiger partial charge in [-0.1, -0.05) is 23.5 Å². The number of carbonyl (C=O) groups is 2. The molecular formula is C24H26N4O4S. The lowest BCUT2D eigenvalue weighted by atomic mass is 9.98. The number of anilines is 1. The smallest absolute Gasteiger partial charge is 0.337 e. The van der Waals surface area contributed by atoms with Gasteiger partial charge in [0.2, 0.25) is 5.91 Å². The van der Waals surface area contributed by atoms with Crippen LogP contribution < -0.4 is 10.1 Å². The van der Waals surface area contributed by atoms with Crippen LogP contribution in [0.25, 0.3) is 10.6 Å². The Balaban J connectivity index is 1.28. The fourth-order valence-corrected chi connectivity index (χ4v) is 4.92. The summed E-state index contributed by atoms with van der Waals surface area (Å²) in [6.45, 7) is 1.97. The molecule has 4 rings (SSSR count). The Hall–Kier alpha value is -3.30. The van der Waals surface area contributed by atoms with Crippen LogP contribution in [0.4, 0.5) is 5.69 Å². The Kier molecular flexibility index (Phi) is 7.31. The first-order chi connectivity index (χ1) is 16.1. The number of hydrogen-bond donors (Lipinski definition) is 1. The maximum atomic E-state index is 12.5. The summed E-state index contributed by atoms with van der Waals surface area (Å²) in [4.78, 5) is 26.1. The Morgan fingerprint density at radius 2 is 1.79 bits per heavy atom. The van der Waals surface area contributed by atoms with Crippen LogP contribution in [-0.4, -0.2) is 60.8 Å². The number of likely N-dealkylation sites (tertiary alicyclic amines) is 1. The third-order valence-corrected chi connectivity index (χ3v) is 6.79. The minimum Gasteiger partial charge on any atom is -0.496 e. The first kappa shape index (κ1) is 22.9. The van der Waals surface area contributed by atoms with Gasteiger partial charge in [-0.3, -0.25) is 9.69 Å². The molecule has 1 saturated heterocycles. The largest absolute Gasteiger partial charge is 0.496 e. The predicted octanol–water partition coefficient (Wildman–Crippen LogP) is 3.82. The van der Waals surface area contributed by atoms with Gasteiger partial charge in [0.15, 0.2) is 5.01 Å². The van der Waals surface area contributed by atoms with Gasteiger partial charge < -0.3 is 14.8 Å². The summed E-state index contributed by atoms with van der Waals surface area (Å²) in [6.07, 6.45) is 1.86. The summed E-state index contributed by atoms with van der Waals surface area (Å²) >= 11 is 1.61. The molecule has 1 aromatic heterocycles. The minimum atomic E-state index is -0.402. The SMILES string of the molecule is COC(=O)c1ccc(NC(=O)CN2CCC(c3nnc(-c4ccccc4OC)s3)CC2)cc1. The summed E-state index contributed by atoms with van der Waals surface area (Å²) in [5, 5.41) is 13.6. The van der Waals surface area contributed by atoms with E-state index < -0.39 is 5.97 Å². The molecule has 9 heteroatoms. The Morgan fingerprint density at radius 1 is 1.06 bits per heavy atom. The van der Waals surface area contributed by atoms with Crippen LogP contribution >= 0.6 is 11.3 Å². The van der Waals surface area contributed by atoms with Gasteiger partial charge in [-0.15, -0.1) is 10.2 Å². The molecule has 2 heterocycles. The molecule has 33 heavy (non-hydrogen) atoms. The number of piperidine rings is 1. The summed E-state index contributed by atoms with van der Waals surface area (Å²) in [7, 11) is 3.00. The predicted molar refractivity (Wildman–Crippen MR) is 127 cm³/mol. The van der Waals surface area contributed by atoms with E-state index >= 15 is 0 Å². The van der Waals surface area contributed by atoms with Gasteiger partial charge in [0, 0.05) is 11.6 Å². The highest BCUT2D eigenvalue weighted by molar-refractivity contribution is 7.14. The lowest BCUT2D eigenvalue weighted by molar-refractivity contribution is -0.117. The van der Waals surface area contributed by atoms with Crippen molar-refractivity contribution in [3.63, 3.8) is 0 Å². The molecule has 1 aliphatic heterocycles. The Labute approximate surface area is 196 Å². The van der Waals surface area contributed by atoms with E-state index in [2.05, 4.69) is 25.2 Å². The molecule has 1 N–H and O–H groups in total. The zero-order chi connectivity index (χ0) is 23.2. The van der Waals surface area contributed by atoms with Gasteiger partial charge in [0.05, 0.1) is 31.9 Å². The number of benzene rings is 2. The molecule has 8 nitrogen and oxygen atoms in total. The zero-order valence-electron chi connectivity index (χ0n) is 18.6. The molecule has 0 spiro atoms. The van der Waals surface area contributed by atoms with Gasteiger partial charge in [-0.05, 0) is 62.3 Å². The molecule has 0 atom stereocenters. The van der Waals surface area contributed by atoms with E-state index in [1.54, 1.807) is 42.7 Å². The van der Waals surface area contributed by atoms with Crippen molar-refractivity contribution in [3.8, 4) is 16.3 Å². The zero-order valence-corrected chi connectivity index (χ0v) is 19.4. The molecule has 1 amide bonds. The maximum absolute atomic E-state index is 12.5. The number of carbonyl (C=O) groups excluding carboxylic acids is 2. The minimum absolute atomic E-state index is 0.0753. The fourth-order valence-electron chi connectivity index (χ4n) is 3.88. The van der Waals surface area contributed by atoms with Crippen molar-refractivity contribution < 1.29 is 19.1 Å². The van der Waals surface area contributed by atoms with E-state index in [1.807, 2.05) is 24.3 Å². The van der Waals surface area contributed by atoms with E-state index in [4.69, 9.17) is 4.74 Å². The molecule has 0 radical (unpaired) electrons. The van der Waals surface area contributed by atoms with Crippen LogP contribution in [0.2, 0.25) is 0 Å². The van der Waals surface area contributed by atoms with Crippen molar-refractivity contribution in [1.82, 2.24) is 15.1 Å². The van der Waals surface area contributed by atoms with E-state index in [9.17, 15) is 9.59 Å². The van der Waals surface area contributed by atoms with E-state index in [0.29, 0.717) is 23.7 Å². The first-order valence-corrected chi connectivity index (χ1v) is 11.6. The molecule has 0 bridgehead atoms. The Bertz CT molecular complexity index is 1110. The average molecular weight is 467 g/mol. The van der Waals surface area contributed by atoms with Crippen LogP contribution in [0.1, 0.15) is 34.1 Å². The highest BCUT2D eigenvalue weighted by Crippen LogP contribution is 2.36. The standard InChI is InChI=1S/C24H26N4O4S/c1-31-20-6-4-3-5-19(20)23-27-26-22(33-23)16-11-13-28(14-12-16)15-21(29)25-18-9-7-17(8-10-18)24(30)32-2/h3-10,16H,11-15H2,1-2H3,(H,25,29). The van der Waals surface area contributed by atoms with Crippen molar-refractivity contribution in [2.45, 2.75) is 18.8 Å². The molecule has 0 unspecified atom stereocenters. The molecule has 0 aliphatic carbocycles. The topological polar surface area (TPSA) is 93.7 Å². The number of nitrogens with one attached hydrogen (secondary N) is 1. The highest BCUT2D eigenvalue weighted by atomic mass is 32.1. The second-order valence-corrected chi connectivity index (χ2v) is 8.82. The van der Waals surface area contributed by atoms with Crippen molar-refractivity contribution >= 4 is 28.9 Å². The highest BCUT2D eigenvalue weighted by Gasteiger charge is 2.25. The maximum Gasteiger partial charge on any atom is 0.337 e. The van der Waals surface area contributed by atoms with Crippen LogP contribution in [0, 0.1) is 0 Å².